The van der Waals surface area contributed by atoms with E-state index in [1.807, 2.05) is 0 Å². The van der Waals surface area contributed by atoms with Crippen LogP contribution in [0.25, 0.3) is 0 Å². The molecule has 0 spiro atoms. The fraction of sp³-hybridized carbons (Fsp3) is 0.625. The predicted octanol–water partition coefficient (Wildman–Crippen LogP) is 7.20. The fourth-order valence-corrected chi connectivity index (χ4v) is 3.14. The molecular formula is C24H38O3. The lowest BCUT2D eigenvalue weighted by Crippen LogP contribution is -2.06. The van der Waals surface area contributed by atoms with Gasteiger partial charge in [0.15, 0.2) is 0 Å². The van der Waals surface area contributed by atoms with Gasteiger partial charge in [0, 0.05) is 0 Å². The van der Waals surface area contributed by atoms with Gasteiger partial charge >= 0.3 is 5.97 Å². The highest BCUT2D eigenvalue weighted by molar-refractivity contribution is 5.89. The molecule has 1 rings (SSSR count). The molecule has 1 aromatic carbocycles. The number of benzene rings is 1. The number of phenols is 1. The molecular weight excluding hydrogens is 336 g/mol. The quantitative estimate of drug-likeness (QED) is 0.189. The molecule has 0 fully saturated rings. The smallest absolute Gasteiger partial charge is 0.338 e. The van der Waals surface area contributed by atoms with Crippen LogP contribution in [0.1, 0.15) is 101 Å². The number of unbranched alkanes of at least 4 members (excludes halogenated alkanes) is 12. The number of allylic oxidation sites excluding steroid dienone is 2. The van der Waals surface area contributed by atoms with Gasteiger partial charge in [-0.3, -0.25) is 0 Å². The Morgan fingerprint density at radius 1 is 0.815 bits per heavy atom. The molecule has 1 N–H and O–H groups in total. The number of hydrogen-bond acceptors (Lipinski definition) is 3. The normalized spacial score (nSPS) is 11.1. The summed E-state index contributed by atoms with van der Waals surface area (Å²) in [5, 5.41) is 9.21. The third-order valence-corrected chi connectivity index (χ3v) is 4.84. The minimum Gasteiger partial charge on any atom is -0.508 e. The van der Waals surface area contributed by atoms with E-state index < -0.39 is 0 Å². The van der Waals surface area contributed by atoms with E-state index in [0.717, 1.165) is 12.8 Å². The molecule has 0 aliphatic carbocycles. The molecule has 0 radical (unpaired) electrons. The third-order valence-electron chi connectivity index (χ3n) is 4.84. The van der Waals surface area contributed by atoms with Gasteiger partial charge in [-0.15, -0.1) is 0 Å². The van der Waals surface area contributed by atoms with Crippen molar-refractivity contribution in [3.63, 3.8) is 0 Å². The summed E-state index contributed by atoms with van der Waals surface area (Å²) in [6.07, 6.45) is 21.2. The number of carbonyl (C=O) groups is 1. The maximum Gasteiger partial charge on any atom is 0.338 e. The van der Waals surface area contributed by atoms with Crippen LogP contribution in [0.15, 0.2) is 36.4 Å². The van der Waals surface area contributed by atoms with E-state index in [1.165, 1.54) is 82.8 Å². The van der Waals surface area contributed by atoms with Gasteiger partial charge in [-0.2, -0.15) is 0 Å². The van der Waals surface area contributed by atoms with Crippen molar-refractivity contribution in [1.29, 1.82) is 0 Å². The highest BCUT2D eigenvalue weighted by Gasteiger charge is 2.06. The molecule has 0 aliphatic rings. The molecule has 0 unspecified atom stereocenters. The van der Waals surface area contributed by atoms with Gasteiger partial charge in [0.2, 0.25) is 0 Å². The summed E-state index contributed by atoms with van der Waals surface area (Å²) < 4.78 is 5.26. The van der Waals surface area contributed by atoms with Crippen molar-refractivity contribution < 1.29 is 14.6 Å². The molecule has 152 valence electrons. The van der Waals surface area contributed by atoms with Crippen LogP contribution in [0.2, 0.25) is 0 Å². The van der Waals surface area contributed by atoms with E-state index in [4.69, 9.17) is 4.74 Å². The summed E-state index contributed by atoms with van der Waals surface area (Å²) in [5.41, 5.74) is 0.491. The molecule has 27 heavy (non-hydrogen) atoms. The van der Waals surface area contributed by atoms with Crippen LogP contribution in [-0.4, -0.2) is 17.7 Å². The largest absolute Gasteiger partial charge is 0.508 e. The first-order chi connectivity index (χ1) is 13.2. The number of rotatable bonds is 16. The summed E-state index contributed by atoms with van der Waals surface area (Å²) >= 11 is 0. The highest BCUT2D eigenvalue weighted by atomic mass is 16.5. The minimum absolute atomic E-state index is 0.159. The van der Waals surface area contributed by atoms with E-state index in [1.54, 1.807) is 12.1 Å². The van der Waals surface area contributed by atoms with Gasteiger partial charge in [0.1, 0.15) is 5.75 Å². The fourth-order valence-electron chi connectivity index (χ4n) is 3.14. The second kappa shape index (κ2) is 16.4. The number of aromatic hydroxyl groups is 1. The number of esters is 1. The summed E-state index contributed by atoms with van der Waals surface area (Å²) in [6.45, 7) is 2.57. The van der Waals surface area contributed by atoms with Crippen LogP contribution in [-0.2, 0) is 4.74 Å². The summed E-state index contributed by atoms with van der Waals surface area (Å²) in [6, 6.07) is 6.17. The maximum atomic E-state index is 11.8. The molecule has 0 atom stereocenters. The van der Waals surface area contributed by atoms with Crippen LogP contribution < -0.4 is 0 Å². The van der Waals surface area contributed by atoms with Gasteiger partial charge in [0.25, 0.3) is 0 Å². The molecule has 0 aliphatic heterocycles. The first kappa shape index (κ1) is 23.3. The average Bonchev–Trinajstić information content (AvgIpc) is 2.68. The van der Waals surface area contributed by atoms with E-state index in [2.05, 4.69) is 19.1 Å². The van der Waals surface area contributed by atoms with Crippen molar-refractivity contribution in [1.82, 2.24) is 0 Å². The Kier molecular flexibility index (Phi) is 14.1. The number of hydrogen-bond donors (Lipinski definition) is 1. The Morgan fingerprint density at radius 2 is 1.30 bits per heavy atom. The molecule has 3 nitrogen and oxygen atoms in total. The van der Waals surface area contributed by atoms with Crippen molar-refractivity contribution in [3.05, 3.63) is 42.0 Å². The predicted molar refractivity (Wildman–Crippen MR) is 113 cm³/mol. The van der Waals surface area contributed by atoms with Crippen molar-refractivity contribution in [2.24, 2.45) is 0 Å². The van der Waals surface area contributed by atoms with Crippen LogP contribution in [0, 0.1) is 0 Å². The second-order valence-corrected chi connectivity index (χ2v) is 7.28. The molecule has 3 heteroatoms. The number of phenolic OH excluding ortho intramolecular Hbond substituents is 1. The van der Waals surface area contributed by atoms with Gasteiger partial charge in [0.05, 0.1) is 12.2 Å². The average molecular weight is 375 g/mol. The number of ether oxygens (including phenoxy) is 1. The molecule has 0 heterocycles. The molecule has 0 aromatic heterocycles. The number of carbonyl (C=O) groups excluding carboxylic acids is 1. The van der Waals surface area contributed by atoms with E-state index in [9.17, 15) is 9.90 Å². The first-order valence-corrected chi connectivity index (χ1v) is 10.8. The summed E-state index contributed by atoms with van der Waals surface area (Å²) in [7, 11) is 0. The van der Waals surface area contributed by atoms with Gasteiger partial charge in [-0.1, -0.05) is 76.4 Å². The zero-order valence-corrected chi connectivity index (χ0v) is 17.1. The summed E-state index contributed by atoms with van der Waals surface area (Å²) in [4.78, 5) is 11.8. The van der Waals surface area contributed by atoms with Gasteiger partial charge < -0.3 is 9.84 Å². The molecule has 0 saturated heterocycles. The van der Waals surface area contributed by atoms with E-state index in [-0.39, 0.29) is 11.7 Å². The molecule has 0 saturated carbocycles. The van der Waals surface area contributed by atoms with E-state index >= 15 is 0 Å². The SMILES string of the molecule is C/C=C/CCCCCCCCCCCCCCOC(=O)c1ccc(O)cc1. The first-order valence-electron chi connectivity index (χ1n) is 10.8. The second-order valence-electron chi connectivity index (χ2n) is 7.28. The summed E-state index contributed by atoms with van der Waals surface area (Å²) in [5.74, 6) is -0.150. The van der Waals surface area contributed by atoms with Crippen LogP contribution in [0.3, 0.4) is 0 Å². The van der Waals surface area contributed by atoms with Crippen molar-refractivity contribution in [2.75, 3.05) is 6.61 Å². The van der Waals surface area contributed by atoms with Crippen LogP contribution in [0.5, 0.6) is 5.75 Å². The Morgan fingerprint density at radius 3 is 1.81 bits per heavy atom. The monoisotopic (exact) mass is 374 g/mol. The topological polar surface area (TPSA) is 46.5 Å². The van der Waals surface area contributed by atoms with Crippen molar-refractivity contribution in [3.8, 4) is 5.75 Å². The Hall–Kier alpha value is -1.77. The van der Waals surface area contributed by atoms with Crippen molar-refractivity contribution >= 4 is 5.97 Å². The molecule has 1 aromatic rings. The molecule has 0 bridgehead atoms. The Bertz CT molecular complexity index is 505. The lowest BCUT2D eigenvalue weighted by molar-refractivity contribution is 0.0497. The van der Waals surface area contributed by atoms with Gasteiger partial charge in [-0.25, -0.2) is 4.79 Å². The standard InChI is InChI=1S/C24H38O3/c1-2-3-4-5-6-7-8-9-10-11-12-13-14-15-16-21-27-24(26)22-17-19-23(25)20-18-22/h2-3,17-20,25H,4-16,21H2,1H3/b3-2+. The highest BCUT2D eigenvalue weighted by Crippen LogP contribution is 2.13. The Balaban J connectivity index is 1.81. The van der Waals surface area contributed by atoms with Crippen LogP contribution in [0.4, 0.5) is 0 Å². The van der Waals surface area contributed by atoms with E-state index in [0.29, 0.717) is 12.2 Å². The lowest BCUT2D eigenvalue weighted by atomic mass is 10.0. The lowest BCUT2D eigenvalue weighted by Gasteiger charge is -2.05. The third kappa shape index (κ3) is 13.1. The van der Waals surface area contributed by atoms with Gasteiger partial charge in [-0.05, 0) is 50.5 Å². The van der Waals surface area contributed by atoms with Crippen LogP contribution >= 0.6 is 0 Å². The van der Waals surface area contributed by atoms with Crippen molar-refractivity contribution in [2.45, 2.75) is 90.4 Å². The minimum atomic E-state index is -0.308. The Labute approximate surface area is 165 Å². The zero-order valence-electron chi connectivity index (χ0n) is 17.1. The maximum absolute atomic E-state index is 11.8. The molecule has 0 amide bonds. The zero-order chi connectivity index (χ0) is 19.6.